The van der Waals surface area contributed by atoms with Gasteiger partial charge in [-0.2, -0.15) is 18.4 Å². The largest absolute Gasteiger partial charge is 0.418 e. The molecule has 0 radical (unpaired) electrons. The van der Waals surface area contributed by atoms with Gasteiger partial charge in [-0.25, -0.2) is 0 Å². The molecular formula is C8H11F3N2O. The van der Waals surface area contributed by atoms with E-state index in [9.17, 15) is 18.3 Å². The topological polar surface area (TPSA) is 47.3 Å². The van der Waals surface area contributed by atoms with Crippen LogP contribution in [-0.2, 0) is 0 Å². The Morgan fingerprint density at radius 2 is 2.14 bits per heavy atom. The number of hydrogen-bond donors (Lipinski definition) is 1. The van der Waals surface area contributed by atoms with Gasteiger partial charge in [0.05, 0.1) is 6.07 Å². The van der Waals surface area contributed by atoms with Crippen LogP contribution in [0, 0.1) is 11.3 Å². The summed E-state index contributed by atoms with van der Waals surface area (Å²) in [7, 11) is 0. The summed E-state index contributed by atoms with van der Waals surface area (Å²) in [4.78, 5) is 1.46. The van der Waals surface area contributed by atoms with Crippen LogP contribution in [-0.4, -0.2) is 41.4 Å². The molecule has 1 rings (SSSR count). The molecule has 0 amide bonds. The molecular weight excluding hydrogens is 197 g/mol. The molecule has 0 aliphatic carbocycles. The molecule has 1 atom stereocenters. The summed E-state index contributed by atoms with van der Waals surface area (Å²) in [6, 6.07) is 1.86. The van der Waals surface area contributed by atoms with Crippen LogP contribution in [0.25, 0.3) is 0 Å². The van der Waals surface area contributed by atoms with Gasteiger partial charge in [0.1, 0.15) is 0 Å². The number of likely N-dealkylation sites (tertiary alicyclic amines) is 1. The van der Waals surface area contributed by atoms with Crippen LogP contribution in [0.1, 0.15) is 12.8 Å². The Bertz CT molecular complexity index is 248. The van der Waals surface area contributed by atoms with Crippen LogP contribution >= 0.6 is 0 Å². The zero-order valence-electron chi connectivity index (χ0n) is 7.51. The number of halogens is 3. The Labute approximate surface area is 79.7 Å². The van der Waals surface area contributed by atoms with Crippen molar-refractivity contribution in [2.24, 2.45) is 0 Å². The average molecular weight is 208 g/mol. The minimum atomic E-state index is -4.58. The standard InChI is InChI=1S/C8H11F3N2O/c9-8(10,11)7(14)2-5-13(6-7)4-1-3-12/h14H,1-2,4-6H2. The Morgan fingerprint density at radius 3 is 2.57 bits per heavy atom. The molecule has 14 heavy (non-hydrogen) atoms. The molecule has 0 aromatic rings. The summed E-state index contributed by atoms with van der Waals surface area (Å²) in [6.07, 6.45) is -4.69. The van der Waals surface area contributed by atoms with Gasteiger partial charge in [0.15, 0.2) is 5.60 Å². The third-order valence-electron chi connectivity index (χ3n) is 2.39. The van der Waals surface area contributed by atoms with E-state index < -0.39 is 18.3 Å². The van der Waals surface area contributed by atoms with Gasteiger partial charge >= 0.3 is 6.18 Å². The number of rotatable bonds is 2. The zero-order valence-corrected chi connectivity index (χ0v) is 7.51. The second-order valence-corrected chi connectivity index (χ2v) is 3.46. The van der Waals surface area contributed by atoms with Gasteiger partial charge < -0.3 is 5.11 Å². The van der Waals surface area contributed by atoms with Gasteiger partial charge in [0.2, 0.25) is 0 Å². The third kappa shape index (κ3) is 2.16. The molecule has 80 valence electrons. The summed E-state index contributed by atoms with van der Waals surface area (Å²) in [5, 5.41) is 17.5. The molecule has 1 heterocycles. The second-order valence-electron chi connectivity index (χ2n) is 3.46. The molecule has 1 aliphatic heterocycles. The Morgan fingerprint density at radius 1 is 1.50 bits per heavy atom. The molecule has 1 fully saturated rings. The highest BCUT2D eigenvalue weighted by Crippen LogP contribution is 2.37. The molecule has 1 unspecified atom stereocenters. The van der Waals surface area contributed by atoms with Crippen molar-refractivity contribution >= 4 is 0 Å². The smallest absolute Gasteiger partial charge is 0.379 e. The summed E-state index contributed by atoms with van der Waals surface area (Å²) in [5.41, 5.74) is -2.58. The van der Waals surface area contributed by atoms with Crippen molar-refractivity contribution in [3.8, 4) is 6.07 Å². The van der Waals surface area contributed by atoms with Crippen LogP contribution in [0.4, 0.5) is 13.2 Å². The van der Waals surface area contributed by atoms with Crippen molar-refractivity contribution in [3.05, 3.63) is 0 Å². The van der Waals surface area contributed by atoms with E-state index >= 15 is 0 Å². The lowest BCUT2D eigenvalue weighted by atomic mass is 10.0. The van der Waals surface area contributed by atoms with Crippen molar-refractivity contribution in [1.29, 1.82) is 5.26 Å². The fourth-order valence-corrected chi connectivity index (χ4v) is 1.50. The lowest BCUT2D eigenvalue weighted by Gasteiger charge is -2.25. The quantitative estimate of drug-likeness (QED) is 0.733. The van der Waals surface area contributed by atoms with Gasteiger partial charge in [-0.05, 0) is 6.42 Å². The van der Waals surface area contributed by atoms with Crippen molar-refractivity contribution in [1.82, 2.24) is 4.90 Å². The monoisotopic (exact) mass is 208 g/mol. The summed E-state index contributed by atoms with van der Waals surface area (Å²) < 4.78 is 36.9. The lowest BCUT2D eigenvalue weighted by Crippen LogP contribution is -2.47. The van der Waals surface area contributed by atoms with E-state index in [1.807, 2.05) is 6.07 Å². The normalized spacial score (nSPS) is 29.1. The van der Waals surface area contributed by atoms with E-state index in [2.05, 4.69) is 0 Å². The molecule has 1 saturated heterocycles. The van der Waals surface area contributed by atoms with Gasteiger partial charge in [-0.1, -0.05) is 0 Å². The van der Waals surface area contributed by atoms with E-state index in [4.69, 9.17) is 5.26 Å². The molecule has 3 nitrogen and oxygen atoms in total. The van der Waals surface area contributed by atoms with Gasteiger partial charge in [-0.3, -0.25) is 4.90 Å². The molecule has 1 aliphatic rings. The number of nitrogens with zero attached hydrogens (tertiary/aromatic N) is 2. The van der Waals surface area contributed by atoms with E-state index in [0.29, 0.717) is 0 Å². The fourth-order valence-electron chi connectivity index (χ4n) is 1.50. The van der Waals surface area contributed by atoms with Gasteiger partial charge in [0, 0.05) is 26.1 Å². The Hall–Kier alpha value is -0.800. The van der Waals surface area contributed by atoms with E-state index in [-0.39, 0.29) is 25.9 Å². The van der Waals surface area contributed by atoms with Gasteiger partial charge in [-0.15, -0.1) is 0 Å². The molecule has 0 aromatic carbocycles. The molecule has 0 spiro atoms. The summed E-state index contributed by atoms with van der Waals surface area (Å²) in [5.74, 6) is 0. The average Bonchev–Trinajstić information content (AvgIpc) is 2.44. The second kappa shape index (κ2) is 3.75. The van der Waals surface area contributed by atoms with E-state index in [1.165, 1.54) is 4.90 Å². The van der Waals surface area contributed by atoms with Crippen LogP contribution < -0.4 is 0 Å². The molecule has 6 heteroatoms. The number of β-amino-alcohol motifs (C(OH)–C–C–N with tert-alkyl or cyclic N) is 1. The molecule has 0 bridgehead atoms. The van der Waals surface area contributed by atoms with E-state index in [1.54, 1.807) is 0 Å². The van der Waals surface area contributed by atoms with Crippen LogP contribution in [0.3, 0.4) is 0 Å². The minimum Gasteiger partial charge on any atom is -0.379 e. The Balaban J connectivity index is 2.52. The zero-order chi connectivity index (χ0) is 10.8. The molecule has 1 N–H and O–H groups in total. The first-order valence-electron chi connectivity index (χ1n) is 4.27. The third-order valence-corrected chi connectivity index (χ3v) is 2.39. The van der Waals surface area contributed by atoms with Crippen molar-refractivity contribution in [2.45, 2.75) is 24.6 Å². The van der Waals surface area contributed by atoms with Crippen molar-refractivity contribution in [3.63, 3.8) is 0 Å². The number of aliphatic hydroxyl groups is 1. The summed E-state index contributed by atoms with van der Waals surface area (Å²) in [6.45, 7) is 0.0603. The van der Waals surface area contributed by atoms with Crippen LogP contribution in [0.5, 0.6) is 0 Å². The van der Waals surface area contributed by atoms with E-state index in [0.717, 1.165) is 0 Å². The predicted octanol–water partition coefficient (Wildman–Crippen LogP) is 0.899. The summed E-state index contributed by atoms with van der Waals surface area (Å²) >= 11 is 0. The first-order valence-corrected chi connectivity index (χ1v) is 4.27. The first-order chi connectivity index (χ1) is 6.39. The molecule has 0 saturated carbocycles. The first kappa shape index (κ1) is 11.3. The highest BCUT2D eigenvalue weighted by atomic mass is 19.4. The highest BCUT2D eigenvalue weighted by molar-refractivity contribution is 4.96. The highest BCUT2D eigenvalue weighted by Gasteiger charge is 2.56. The van der Waals surface area contributed by atoms with Crippen molar-refractivity contribution < 1.29 is 18.3 Å². The number of alkyl halides is 3. The lowest BCUT2D eigenvalue weighted by molar-refractivity contribution is -0.253. The maximum absolute atomic E-state index is 12.3. The SMILES string of the molecule is N#CCCN1CCC(O)(C(F)(F)F)C1. The predicted molar refractivity (Wildman–Crippen MR) is 42.3 cm³/mol. The van der Waals surface area contributed by atoms with Crippen molar-refractivity contribution in [2.75, 3.05) is 19.6 Å². The van der Waals surface area contributed by atoms with Gasteiger partial charge in [0.25, 0.3) is 0 Å². The number of hydrogen-bond acceptors (Lipinski definition) is 3. The number of nitriles is 1. The Kier molecular flexibility index (Phi) is 3.02. The molecule has 0 aromatic heterocycles. The minimum absolute atomic E-state index is 0.188. The fraction of sp³-hybridized carbons (Fsp3) is 0.875. The maximum Gasteiger partial charge on any atom is 0.418 e. The van der Waals surface area contributed by atoms with Crippen LogP contribution in [0.2, 0.25) is 0 Å². The van der Waals surface area contributed by atoms with Crippen LogP contribution in [0.15, 0.2) is 0 Å². The maximum atomic E-state index is 12.3.